The minimum atomic E-state index is 0.0514. The lowest BCUT2D eigenvalue weighted by Crippen LogP contribution is -2.27. The Balaban J connectivity index is 1.50. The van der Waals surface area contributed by atoms with Crippen molar-refractivity contribution in [2.75, 3.05) is 19.0 Å². The monoisotopic (exact) mass is 392 g/mol. The number of allylic oxidation sites excluding steroid dienone is 1. The number of nitrogen functional groups attached to an aromatic ring is 1. The first kappa shape index (κ1) is 18.4. The molecule has 0 saturated heterocycles. The summed E-state index contributed by atoms with van der Waals surface area (Å²) in [6.45, 7) is 0.936. The highest BCUT2D eigenvalue weighted by molar-refractivity contribution is 5.85. The van der Waals surface area contributed by atoms with Crippen LogP contribution >= 0.6 is 0 Å². The van der Waals surface area contributed by atoms with Crippen LogP contribution in [0.1, 0.15) is 55.1 Å². The fourth-order valence-electron chi connectivity index (χ4n) is 4.89. The van der Waals surface area contributed by atoms with Crippen molar-refractivity contribution in [3.8, 4) is 11.4 Å². The lowest BCUT2D eigenvalue weighted by molar-refractivity contribution is 0.231. The van der Waals surface area contributed by atoms with Crippen molar-refractivity contribution in [1.82, 2.24) is 24.7 Å². The number of aliphatic hydroxyl groups is 1. The van der Waals surface area contributed by atoms with Gasteiger partial charge in [-0.3, -0.25) is 9.72 Å². The molecule has 0 spiro atoms. The molecule has 1 saturated carbocycles. The van der Waals surface area contributed by atoms with Crippen LogP contribution < -0.4 is 11.1 Å². The van der Waals surface area contributed by atoms with Crippen molar-refractivity contribution >= 4 is 17.4 Å². The van der Waals surface area contributed by atoms with Gasteiger partial charge in [0.05, 0.1) is 12.4 Å². The molecule has 2 aliphatic carbocycles. The second kappa shape index (κ2) is 7.65. The normalized spacial score (nSPS) is 21.6. The number of H-pyrrole nitrogens is 1. The number of aryl methyl sites for hydroxylation is 1. The number of aliphatic hydroxyl groups excluding tert-OH is 1. The summed E-state index contributed by atoms with van der Waals surface area (Å²) >= 11 is 0. The van der Waals surface area contributed by atoms with Crippen LogP contribution in [0.25, 0.3) is 23.0 Å². The van der Waals surface area contributed by atoms with Crippen LogP contribution in [0.4, 0.5) is 5.82 Å². The van der Waals surface area contributed by atoms with Gasteiger partial charge in [-0.15, -0.1) is 0 Å². The van der Waals surface area contributed by atoms with Crippen molar-refractivity contribution in [3.05, 3.63) is 41.6 Å². The Kier molecular flexibility index (Phi) is 4.85. The Labute approximate surface area is 170 Å². The lowest BCUT2D eigenvalue weighted by atomic mass is 9.81. The van der Waals surface area contributed by atoms with Crippen molar-refractivity contribution in [3.63, 3.8) is 0 Å². The van der Waals surface area contributed by atoms with Gasteiger partial charge in [0.2, 0.25) is 0 Å². The molecule has 0 unspecified atom stereocenters. The summed E-state index contributed by atoms with van der Waals surface area (Å²) in [6.07, 6.45) is 14.7. The van der Waals surface area contributed by atoms with Gasteiger partial charge >= 0.3 is 0 Å². The van der Waals surface area contributed by atoms with Crippen molar-refractivity contribution < 1.29 is 5.11 Å². The van der Waals surface area contributed by atoms with Crippen molar-refractivity contribution in [1.29, 1.82) is 0 Å². The van der Waals surface area contributed by atoms with Crippen molar-refractivity contribution in [2.24, 2.45) is 5.92 Å². The predicted octanol–water partition coefficient (Wildman–Crippen LogP) is 3.08. The van der Waals surface area contributed by atoms with Crippen LogP contribution in [0.5, 0.6) is 0 Å². The molecule has 3 aromatic rings. The summed E-state index contributed by atoms with van der Waals surface area (Å²) in [5, 5.41) is 12.1. The van der Waals surface area contributed by atoms with E-state index in [1.54, 1.807) is 6.20 Å². The number of nitrogens with zero attached hydrogens (tertiary/aromatic N) is 3. The van der Waals surface area contributed by atoms with Gasteiger partial charge in [0.1, 0.15) is 22.9 Å². The van der Waals surface area contributed by atoms with E-state index >= 15 is 0 Å². The van der Waals surface area contributed by atoms with E-state index in [-0.39, 0.29) is 6.73 Å². The fourth-order valence-corrected chi connectivity index (χ4v) is 4.89. The standard InChI is InChI=1S/C22H28N6O/c23-21-20-19(18-11-16-3-1-2-4-17(16)26-18)27-22(28(20)10-9-25-21)15-7-5-14(6-8-15)12-24-13-29/h2,4,9-11,14-15,24,26,29H,1,3,5-8,12-13H2,(H2,23,25). The molecule has 0 radical (unpaired) electrons. The highest BCUT2D eigenvalue weighted by atomic mass is 16.3. The molecule has 5 N–H and O–H groups in total. The number of fused-ring (bicyclic) bond motifs is 2. The van der Waals surface area contributed by atoms with Gasteiger partial charge in [0.15, 0.2) is 0 Å². The summed E-state index contributed by atoms with van der Waals surface area (Å²) in [6, 6.07) is 2.22. The molecular formula is C22H28N6O. The molecule has 3 heterocycles. The third-order valence-corrected chi connectivity index (χ3v) is 6.42. The van der Waals surface area contributed by atoms with E-state index < -0.39 is 0 Å². The number of nitrogens with two attached hydrogens (primary N) is 1. The predicted molar refractivity (Wildman–Crippen MR) is 114 cm³/mol. The Morgan fingerprint density at radius 1 is 1.28 bits per heavy atom. The van der Waals surface area contributed by atoms with Crippen LogP contribution in [0.3, 0.4) is 0 Å². The van der Waals surface area contributed by atoms with E-state index in [4.69, 9.17) is 15.8 Å². The fraction of sp³-hybridized carbons (Fsp3) is 0.455. The lowest BCUT2D eigenvalue weighted by Gasteiger charge is -2.27. The second-order valence-electron chi connectivity index (χ2n) is 8.24. The third kappa shape index (κ3) is 3.34. The quantitative estimate of drug-likeness (QED) is 0.500. The number of nitrogens with one attached hydrogen (secondary N) is 2. The second-order valence-corrected chi connectivity index (χ2v) is 8.24. The summed E-state index contributed by atoms with van der Waals surface area (Å²) in [4.78, 5) is 13.0. The Morgan fingerprint density at radius 3 is 2.93 bits per heavy atom. The average molecular weight is 393 g/mol. The van der Waals surface area contributed by atoms with Gasteiger partial charge in [0.25, 0.3) is 0 Å². The van der Waals surface area contributed by atoms with E-state index in [0.717, 1.165) is 67.8 Å². The highest BCUT2D eigenvalue weighted by Crippen LogP contribution is 2.38. The largest absolute Gasteiger partial charge is 0.382 e. The molecule has 0 atom stereocenters. The maximum Gasteiger partial charge on any atom is 0.150 e. The number of imidazole rings is 1. The number of aromatic amines is 1. The van der Waals surface area contributed by atoms with Crippen LogP contribution in [0.2, 0.25) is 0 Å². The summed E-state index contributed by atoms with van der Waals surface area (Å²) in [5.74, 6) is 2.64. The maximum absolute atomic E-state index is 8.99. The molecule has 5 rings (SSSR count). The zero-order valence-electron chi connectivity index (χ0n) is 16.6. The molecule has 0 bridgehead atoms. The maximum atomic E-state index is 8.99. The molecule has 0 aliphatic heterocycles. The van der Waals surface area contributed by atoms with Crippen LogP contribution in [0.15, 0.2) is 24.5 Å². The van der Waals surface area contributed by atoms with E-state index in [1.165, 1.54) is 11.3 Å². The summed E-state index contributed by atoms with van der Waals surface area (Å²) < 4.78 is 2.14. The average Bonchev–Trinajstić information content (AvgIpc) is 3.35. The Morgan fingerprint density at radius 2 is 2.14 bits per heavy atom. The number of anilines is 1. The van der Waals surface area contributed by atoms with Gasteiger partial charge in [-0.25, -0.2) is 9.97 Å². The molecule has 7 nitrogen and oxygen atoms in total. The van der Waals surface area contributed by atoms with E-state index in [9.17, 15) is 0 Å². The summed E-state index contributed by atoms with van der Waals surface area (Å²) in [7, 11) is 0. The number of rotatable bonds is 5. The minimum absolute atomic E-state index is 0.0514. The van der Waals surface area contributed by atoms with Gasteiger partial charge in [-0.1, -0.05) is 6.08 Å². The van der Waals surface area contributed by atoms with Gasteiger partial charge in [-0.2, -0.15) is 0 Å². The molecule has 7 heteroatoms. The zero-order chi connectivity index (χ0) is 19.8. The highest BCUT2D eigenvalue weighted by Gasteiger charge is 2.28. The van der Waals surface area contributed by atoms with Crippen LogP contribution in [-0.2, 0) is 6.42 Å². The van der Waals surface area contributed by atoms with Crippen molar-refractivity contribution in [2.45, 2.75) is 44.4 Å². The molecule has 2 aliphatic rings. The molecule has 29 heavy (non-hydrogen) atoms. The first-order chi connectivity index (χ1) is 14.2. The number of hydrogen-bond donors (Lipinski definition) is 4. The molecule has 152 valence electrons. The van der Waals surface area contributed by atoms with Crippen LogP contribution in [-0.4, -0.2) is 37.7 Å². The smallest absolute Gasteiger partial charge is 0.150 e. The third-order valence-electron chi connectivity index (χ3n) is 6.42. The molecule has 3 aromatic heterocycles. The number of aromatic nitrogens is 4. The van der Waals surface area contributed by atoms with E-state index in [2.05, 4.69) is 37.9 Å². The SMILES string of the molecule is Nc1nccn2c(C3CCC(CNCO)CC3)nc(-c3cc4c([nH]3)C=CCC4)c12. The topological polar surface area (TPSA) is 104 Å². The first-order valence-corrected chi connectivity index (χ1v) is 10.6. The number of hydrogen-bond acceptors (Lipinski definition) is 5. The van der Waals surface area contributed by atoms with Gasteiger partial charge < -0.3 is 15.8 Å². The molecular weight excluding hydrogens is 364 g/mol. The van der Waals surface area contributed by atoms with Gasteiger partial charge in [0, 0.05) is 30.6 Å². The Hall–Kier alpha value is -2.64. The first-order valence-electron chi connectivity index (χ1n) is 10.6. The molecule has 0 amide bonds. The minimum Gasteiger partial charge on any atom is -0.382 e. The summed E-state index contributed by atoms with van der Waals surface area (Å²) in [5.41, 5.74) is 11.6. The van der Waals surface area contributed by atoms with Gasteiger partial charge in [-0.05, 0) is 62.1 Å². The van der Waals surface area contributed by atoms with E-state index in [1.807, 2.05) is 6.20 Å². The van der Waals surface area contributed by atoms with E-state index in [0.29, 0.717) is 17.7 Å². The zero-order valence-corrected chi connectivity index (χ0v) is 16.6. The molecule has 1 fully saturated rings. The Bertz CT molecular complexity index is 1040. The van der Waals surface area contributed by atoms with Crippen LogP contribution in [0, 0.1) is 5.92 Å². The molecule has 0 aromatic carbocycles.